The first-order valence-electron chi connectivity index (χ1n) is 10.2. The third-order valence-corrected chi connectivity index (χ3v) is 6.36. The average Bonchev–Trinajstić information content (AvgIpc) is 3.29. The Kier molecular flexibility index (Phi) is 6.43. The smallest absolute Gasteiger partial charge is 0.199 e. The van der Waals surface area contributed by atoms with Crippen molar-refractivity contribution in [3.05, 3.63) is 70.7 Å². The van der Waals surface area contributed by atoms with Gasteiger partial charge >= 0.3 is 0 Å². The lowest BCUT2D eigenvalue weighted by molar-refractivity contribution is -0.237. The molecule has 0 saturated heterocycles. The number of rotatable bonds is 7. The Balaban J connectivity index is 1.88. The van der Waals surface area contributed by atoms with Gasteiger partial charge in [0.05, 0.1) is 12.6 Å². The number of nitrogens with two attached hydrogens (primary N) is 1. The average molecular weight is 503 g/mol. The van der Waals surface area contributed by atoms with Gasteiger partial charge in [0.25, 0.3) is 0 Å². The van der Waals surface area contributed by atoms with E-state index < -0.39 is 24.0 Å². The second-order valence-electron chi connectivity index (χ2n) is 7.92. The van der Waals surface area contributed by atoms with E-state index in [0.717, 1.165) is 21.5 Å². The van der Waals surface area contributed by atoms with Gasteiger partial charge in [-0.3, -0.25) is 0 Å². The monoisotopic (exact) mass is 502 g/mol. The summed E-state index contributed by atoms with van der Waals surface area (Å²) in [4.78, 5) is 9.64. The highest BCUT2D eigenvalue weighted by Crippen LogP contribution is 2.47. The SMILES string of the molecule is COC(OC)[C@@]1(C)Oc2ccc(N)cc2[C@@H](N(Cc2ncc[nH]2)c2ccc(Br)cc2)[C@@H]1O. The Labute approximate surface area is 195 Å². The van der Waals surface area contributed by atoms with Crippen molar-refractivity contribution in [2.24, 2.45) is 0 Å². The number of benzene rings is 2. The fourth-order valence-electron chi connectivity index (χ4n) is 4.29. The third kappa shape index (κ3) is 4.09. The summed E-state index contributed by atoms with van der Waals surface area (Å²) >= 11 is 3.50. The number of nitrogens with zero attached hydrogens (tertiary/aromatic N) is 2. The molecule has 1 aromatic heterocycles. The molecule has 3 atom stereocenters. The van der Waals surface area contributed by atoms with Crippen LogP contribution in [0, 0.1) is 0 Å². The Morgan fingerprint density at radius 3 is 2.59 bits per heavy atom. The van der Waals surface area contributed by atoms with E-state index >= 15 is 0 Å². The lowest BCUT2D eigenvalue weighted by Gasteiger charge is -2.50. The first-order valence-corrected chi connectivity index (χ1v) is 11.0. The molecular weight excluding hydrogens is 476 g/mol. The number of aliphatic hydroxyl groups is 1. The van der Waals surface area contributed by atoms with Crippen LogP contribution < -0.4 is 15.4 Å². The predicted octanol–water partition coefficient (Wildman–Crippen LogP) is 3.63. The molecule has 1 aliphatic heterocycles. The van der Waals surface area contributed by atoms with Crippen LogP contribution in [0.4, 0.5) is 11.4 Å². The van der Waals surface area contributed by atoms with Crippen LogP contribution in [0.1, 0.15) is 24.4 Å². The molecule has 0 radical (unpaired) electrons. The molecule has 0 unspecified atom stereocenters. The summed E-state index contributed by atoms with van der Waals surface area (Å²) < 4.78 is 18.3. The maximum absolute atomic E-state index is 11.8. The standard InChI is InChI=1S/C23H27BrN4O4/c1-23(22(30-2)31-3)21(29)20(17-12-15(25)6-9-18(17)32-23)28(13-19-26-10-11-27-19)16-7-4-14(24)5-8-16/h4-12,20-22,29H,13,25H2,1-3H3,(H,26,27)/t20-,21+,23+/m1/s1. The number of nitrogens with one attached hydrogen (secondary N) is 1. The fraction of sp³-hybridized carbons (Fsp3) is 0.348. The van der Waals surface area contributed by atoms with Gasteiger partial charge in [0.1, 0.15) is 17.7 Å². The minimum absolute atomic E-state index is 0.422. The number of halogens is 1. The molecule has 4 rings (SSSR count). The maximum atomic E-state index is 11.8. The summed E-state index contributed by atoms with van der Waals surface area (Å²) in [5.41, 5.74) is 7.20. The molecule has 0 aliphatic carbocycles. The number of ether oxygens (including phenoxy) is 3. The molecule has 1 aliphatic rings. The van der Waals surface area contributed by atoms with E-state index in [1.165, 1.54) is 14.2 Å². The van der Waals surface area contributed by atoms with Crippen molar-refractivity contribution in [3.63, 3.8) is 0 Å². The second kappa shape index (κ2) is 9.11. The summed E-state index contributed by atoms with van der Waals surface area (Å²) in [7, 11) is 3.05. The molecular formula is C23H27BrN4O4. The number of nitrogen functional groups attached to an aromatic ring is 1. The molecule has 0 spiro atoms. The van der Waals surface area contributed by atoms with Gasteiger partial charge in [-0.05, 0) is 49.4 Å². The molecule has 2 aromatic carbocycles. The number of imidazole rings is 1. The first-order chi connectivity index (χ1) is 15.4. The number of methoxy groups -OCH3 is 2. The summed E-state index contributed by atoms with van der Waals surface area (Å²) in [5.74, 6) is 1.37. The van der Waals surface area contributed by atoms with Gasteiger partial charge in [-0.25, -0.2) is 4.98 Å². The molecule has 2 heterocycles. The largest absolute Gasteiger partial charge is 0.479 e. The molecule has 0 bridgehead atoms. The van der Waals surface area contributed by atoms with Crippen molar-refractivity contribution in [2.45, 2.75) is 37.5 Å². The molecule has 8 nitrogen and oxygen atoms in total. The zero-order valence-electron chi connectivity index (χ0n) is 18.2. The summed E-state index contributed by atoms with van der Waals surface area (Å²) in [6.45, 7) is 2.21. The molecule has 4 N–H and O–H groups in total. The van der Waals surface area contributed by atoms with Crippen molar-refractivity contribution < 1.29 is 19.3 Å². The van der Waals surface area contributed by atoms with E-state index in [-0.39, 0.29) is 0 Å². The van der Waals surface area contributed by atoms with Crippen LogP contribution in [-0.4, -0.2) is 47.3 Å². The van der Waals surface area contributed by atoms with Gasteiger partial charge in [0, 0.05) is 48.0 Å². The Bertz CT molecular complexity index is 1040. The molecule has 0 fully saturated rings. The van der Waals surface area contributed by atoms with Crippen LogP contribution in [0.3, 0.4) is 0 Å². The Morgan fingerprint density at radius 2 is 1.97 bits per heavy atom. The maximum Gasteiger partial charge on any atom is 0.199 e. The highest BCUT2D eigenvalue weighted by atomic mass is 79.9. The highest BCUT2D eigenvalue weighted by Gasteiger charge is 2.53. The lowest BCUT2D eigenvalue weighted by Crippen LogP contribution is -2.62. The van der Waals surface area contributed by atoms with Crippen molar-refractivity contribution in [1.82, 2.24) is 9.97 Å². The minimum atomic E-state index is -1.19. The summed E-state index contributed by atoms with van der Waals surface area (Å²) in [6, 6.07) is 12.8. The van der Waals surface area contributed by atoms with E-state index in [4.69, 9.17) is 19.9 Å². The molecule has 9 heteroatoms. The quantitative estimate of drug-likeness (QED) is 0.334. The summed E-state index contributed by atoms with van der Waals surface area (Å²) in [6.07, 6.45) is 1.65. The first kappa shape index (κ1) is 22.6. The molecule has 32 heavy (non-hydrogen) atoms. The molecule has 0 amide bonds. The van der Waals surface area contributed by atoms with Crippen LogP contribution in [0.2, 0.25) is 0 Å². The number of fused-ring (bicyclic) bond motifs is 1. The van der Waals surface area contributed by atoms with Gasteiger partial charge in [0.15, 0.2) is 11.9 Å². The minimum Gasteiger partial charge on any atom is -0.479 e. The van der Waals surface area contributed by atoms with Crippen LogP contribution in [0.15, 0.2) is 59.3 Å². The number of aromatic nitrogens is 2. The van der Waals surface area contributed by atoms with Crippen LogP contribution in [-0.2, 0) is 16.0 Å². The Morgan fingerprint density at radius 1 is 1.25 bits per heavy atom. The zero-order chi connectivity index (χ0) is 22.9. The number of aliphatic hydroxyl groups excluding tert-OH is 1. The van der Waals surface area contributed by atoms with E-state index in [2.05, 4.69) is 30.8 Å². The number of hydrogen-bond acceptors (Lipinski definition) is 7. The molecule has 3 aromatic rings. The predicted molar refractivity (Wildman–Crippen MR) is 125 cm³/mol. The van der Waals surface area contributed by atoms with Gasteiger partial charge < -0.3 is 34.9 Å². The van der Waals surface area contributed by atoms with Gasteiger partial charge in [-0.15, -0.1) is 0 Å². The van der Waals surface area contributed by atoms with Crippen molar-refractivity contribution in [3.8, 4) is 5.75 Å². The van der Waals surface area contributed by atoms with E-state index in [9.17, 15) is 5.11 Å². The number of anilines is 2. The van der Waals surface area contributed by atoms with Crippen LogP contribution in [0.5, 0.6) is 5.75 Å². The van der Waals surface area contributed by atoms with Crippen molar-refractivity contribution in [1.29, 1.82) is 0 Å². The summed E-state index contributed by atoms with van der Waals surface area (Å²) in [5, 5.41) is 11.8. The van der Waals surface area contributed by atoms with E-state index in [1.807, 2.05) is 36.4 Å². The lowest BCUT2D eigenvalue weighted by atomic mass is 9.83. The Hall–Kier alpha value is -2.59. The number of H-pyrrole nitrogens is 1. The highest BCUT2D eigenvalue weighted by molar-refractivity contribution is 9.10. The zero-order valence-corrected chi connectivity index (χ0v) is 19.7. The molecule has 170 valence electrons. The topological polar surface area (TPSA) is 106 Å². The van der Waals surface area contributed by atoms with Gasteiger partial charge in [-0.1, -0.05) is 15.9 Å². The van der Waals surface area contributed by atoms with Gasteiger partial charge in [-0.2, -0.15) is 0 Å². The van der Waals surface area contributed by atoms with Crippen molar-refractivity contribution >= 4 is 27.3 Å². The number of hydrogen-bond donors (Lipinski definition) is 3. The normalized spacial score (nSPS) is 22.4. The van der Waals surface area contributed by atoms with Crippen LogP contribution >= 0.6 is 15.9 Å². The third-order valence-electron chi connectivity index (χ3n) is 5.83. The fourth-order valence-corrected chi connectivity index (χ4v) is 4.55. The van der Waals surface area contributed by atoms with E-state index in [0.29, 0.717) is 18.0 Å². The van der Waals surface area contributed by atoms with Crippen LogP contribution in [0.25, 0.3) is 0 Å². The van der Waals surface area contributed by atoms with Gasteiger partial charge in [0.2, 0.25) is 0 Å². The van der Waals surface area contributed by atoms with E-state index in [1.54, 1.807) is 25.4 Å². The molecule has 0 saturated carbocycles. The number of aromatic amines is 1. The second-order valence-corrected chi connectivity index (χ2v) is 8.83. The van der Waals surface area contributed by atoms with Crippen molar-refractivity contribution in [2.75, 3.05) is 24.9 Å².